The Morgan fingerprint density at radius 3 is 2.31 bits per heavy atom. The summed E-state index contributed by atoms with van der Waals surface area (Å²) in [6.07, 6.45) is 2.97. The Morgan fingerprint density at radius 1 is 0.692 bits per heavy atom. The minimum atomic E-state index is 0.124. The van der Waals surface area contributed by atoms with Gasteiger partial charge in [0.25, 0.3) is 0 Å². The number of rotatable bonds is 2. The summed E-state index contributed by atoms with van der Waals surface area (Å²) in [4.78, 5) is 5.08. The number of hydrogen-bond acceptors (Lipinski definition) is 1. The summed E-state index contributed by atoms with van der Waals surface area (Å²) in [5.41, 5.74) is 10.3. The molecule has 2 heteroatoms. The van der Waals surface area contributed by atoms with E-state index in [9.17, 15) is 0 Å². The van der Waals surface area contributed by atoms with E-state index in [1.165, 1.54) is 76.5 Å². The predicted octanol–water partition coefficient (Wildman–Crippen LogP) is 10.1. The summed E-state index contributed by atoms with van der Waals surface area (Å²) in [6.45, 7) is 9.24. The largest absolute Gasteiger partial charge is 0.308 e. The lowest BCUT2D eigenvalue weighted by molar-refractivity contribution is 0.413. The molecule has 39 heavy (non-hydrogen) atoms. The zero-order valence-electron chi connectivity index (χ0n) is 22.8. The van der Waals surface area contributed by atoms with Crippen molar-refractivity contribution in [2.24, 2.45) is 5.41 Å². The van der Waals surface area contributed by atoms with Crippen molar-refractivity contribution in [3.63, 3.8) is 0 Å². The van der Waals surface area contributed by atoms with E-state index in [1.807, 2.05) is 6.20 Å². The zero-order chi connectivity index (χ0) is 26.5. The van der Waals surface area contributed by atoms with Gasteiger partial charge in [-0.3, -0.25) is 4.98 Å². The highest BCUT2D eigenvalue weighted by molar-refractivity contribution is 6.31. The molecule has 0 amide bonds. The van der Waals surface area contributed by atoms with Gasteiger partial charge in [-0.1, -0.05) is 93.1 Å². The molecule has 0 aliphatic rings. The molecule has 0 spiro atoms. The fourth-order valence-electron chi connectivity index (χ4n) is 6.82. The average molecular weight is 503 g/mol. The van der Waals surface area contributed by atoms with Crippen molar-refractivity contribution in [1.82, 2.24) is 9.38 Å². The summed E-state index contributed by atoms with van der Waals surface area (Å²) >= 11 is 0. The molecule has 0 bridgehead atoms. The topological polar surface area (TPSA) is 17.3 Å². The van der Waals surface area contributed by atoms with Crippen LogP contribution in [0.15, 0.2) is 97.2 Å². The van der Waals surface area contributed by atoms with Crippen LogP contribution in [-0.2, 0) is 6.42 Å². The van der Waals surface area contributed by atoms with Gasteiger partial charge in [0.05, 0.1) is 22.1 Å². The first-order chi connectivity index (χ1) is 18.9. The van der Waals surface area contributed by atoms with Crippen LogP contribution in [0.3, 0.4) is 0 Å². The van der Waals surface area contributed by atoms with Gasteiger partial charge in [0, 0.05) is 27.7 Å². The minimum absolute atomic E-state index is 0.124. The van der Waals surface area contributed by atoms with Crippen LogP contribution in [0.2, 0.25) is 0 Å². The summed E-state index contributed by atoms with van der Waals surface area (Å²) in [5, 5.41) is 8.97. The lowest BCUT2D eigenvalue weighted by Gasteiger charge is -2.23. The van der Waals surface area contributed by atoms with Crippen molar-refractivity contribution in [3.8, 4) is 11.1 Å². The van der Waals surface area contributed by atoms with Crippen molar-refractivity contribution in [2.75, 3.05) is 0 Å². The molecule has 8 rings (SSSR count). The van der Waals surface area contributed by atoms with E-state index >= 15 is 0 Å². The van der Waals surface area contributed by atoms with Crippen LogP contribution in [0.4, 0.5) is 0 Å². The first-order valence-electron chi connectivity index (χ1n) is 13.9. The number of nitrogens with zero attached hydrogens (tertiary/aromatic N) is 2. The van der Waals surface area contributed by atoms with Crippen molar-refractivity contribution in [1.29, 1.82) is 0 Å². The standard InChI is InChI=1S/C37H30N2/c1-22-14-15-24-19-29-34-32-25(16-17-38-34)20-28(23-10-6-5-7-11-23)33-26-12-8-9-13-31(26)39(36(32)33)35(29)30(27(24)18-22)21-37(2,3)4/h5-20H,21H2,1-4H3. The fourth-order valence-corrected chi connectivity index (χ4v) is 6.82. The van der Waals surface area contributed by atoms with E-state index in [-0.39, 0.29) is 5.41 Å². The molecule has 0 saturated heterocycles. The Bertz CT molecular complexity index is 2230. The summed E-state index contributed by atoms with van der Waals surface area (Å²) in [5.74, 6) is 0. The van der Waals surface area contributed by atoms with Crippen LogP contribution >= 0.6 is 0 Å². The summed E-state index contributed by atoms with van der Waals surface area (Å²) in [7, 11) is 0. The molecule has 2 nitrogen and oxygen atoms in total. The fraction of sp³-hybridized carbons (Fsp3) is 0.162. The highest BCUT2D eigenvalue weighted by atomic mass is 14.9. The van der Waals surface area contributed by atoms with Crippen LogP contribution < -0.4 is 0 Å². The van der Waals surface area contributed by atoms with Gasteiger partial charge < -0.3 is 4.40 Å². The van der Waals surface area contributed by atoms with Crippen molar-refractivity contribution in [2.45, 2.75) is 34.1 Å². The zero-order valence-corrected chi connectivity index (χ0v) is 22.8. The maximum Gasteiger partial charge on any atom is 0.0823 e. The van der Waals surface area contributed by atoms with Crippen molar-refractivity contribution >= 4 is 59.8 Å². The first-order valence-corrected chi connectivity index (χ1v) is 13.9. The van der Waals surface area contributed by atoms with Crippen LogP contribution in [0, 0.1) is 12.3 Å². The lowest BCUT2D eigenvalue weighted by Crippen LogP contribution is -2.11. The highest BCUT2D eigenvalue weighted by Gasteiger charge is 2.25. The number of para-hydroxylation sites is 1. The monoisotopic (exact) mass is 502 g/mol. The number of fused-ring (bicyclic) bond motifs is 7. The maximum atomic E-state index is 5.08. The second kappa shape index (κ2) is 7.80. The molecule has 5 aromatic carbocycles. The molecule has 0 unspecified atom stereocenters. The molecular formula is C37H30N2. The number of aromatic nitrogens is 2. The van der Waals surface area contributed by atoms with E-state index in [4.69, 9.17) is 4.98 Å². The molecule has 0 atom stereocenters. The lowest BCUT2D eigenvalue weighted by atomic mass is 9.84. The molecule has 0 saturated carbocycles. The Labute approximate surface area is 227 Å². The van der Waals surface area contributed by atoms with Gasteiger partial charge in [-0.05, 0) is 75.9 Å². The second-order valence-electron chi connectivity index (χ2n) is 12.3. The minimum Gasteiger partial charge on any atom is -0.308 e. The van der Waals surface area contributed by atoms with E-state index in [0.29, 0.717) is 0 Å². The molecule has 3 heterocycles. The third-order valence-corrected chi connectivity index (χ3v) is 8.31. The smallest absolute Gasteiger partial charge is 0.0823 e. The summed E-state index contributed by atoms with van der Waals surface area (Å²) < 4.78 is 2.58. The Hall–Kier alpha value is -4.43. The third-order valence-electron chi connectivity index (χ3n) is 8.31. The van der Waals surface area contributed by atoms with Gasteiger partial charge in [0.15, 0.2) is 0 Å². The van der Waals surface area contributed by atoms with Gasteiger partial charge in [0.1, 0.15) is 0 Å². The Balaban J connectivity index is 1.74. The van der Waals surface area contributed by atoms with Crippen LogP contribution in [0.5, 0.6) is 0 Å². The molecule has 0 aliphatic heterocycles. The number of benzene rings is 5. The number of hydrogen-bond donors (Lipinski definition) is 0. The summed E-state index contributed by atoms with van der Waals surface area (Å²) in [6, 6.07) is 33.6. The Morgan fingerprint density at radius 2 is 1.49 bits per heavy atom. The quantitative estimate of drug-likeness (QED) is 0.170. The third kappa shape index (κ3) is 3.18. The van der Waals surface area contributed by atoms with Gasteiger partial charge in [-0.25, -0.2) is 0 Å². The SMILES string of the molecule is Cc1ccc2cc3c4nccc5cc(-c6ccccc6)c6c7ccccc7n(c3c(CC(C)(C)C)c2c1)c6c54. The van der Waals surface area contributed by atoms with E-state index in [1.54, 1.807) is 0 Å². The van der Waals surface area contributed by atoms with E-state index in [2.05, 4.69) is 123 Å². The maximum absolute atomic E-state index is 5.08. The van der Waals surface area contributed by atoms with Gasteiger partial charge in [-0.15, -0.1) is 0 Å². The normalized spacial score (nSPS) is 12.7. The number of pyridine rings is 2. The van der Waals surface area contributed by atoms with E-state index < -0.39 is 0 Å². The van der Waals surface area contributed by atoms with Crippen molar-refractivity contribution < 1.29 is 0 Å². The molecule has 0 aliphatic carbocycles. The molecule has 0 radical (unpaired) electrons. The van der Waals surface area contributed by atoms with Crippen LogP contribution in [-0.4, -0.2) is 9.38 Å². The molecule has 0 fully saturated rings. The second-order valence-corrected chi connectivity index (χ2v) is 12.3. The number of aryl methyl sites for hydroxylation is 1. The van der Waals surface area contributed by atoms with Crippen molar-refractivity contribution in [3.05, 3.63) is 108 Å². The molecule has 3 aromatic heterocycles. The molecule has 188 valence electrons. The Kier molecular flexibility index (Phi) is 4.51. The average Bonchev–Trinajstić information content (AvgIpc) is 3.28. The van der Waals surface area contributed by atoms with Crippen LogP contribution in [0.1, 0.15) is 31.9 Å². The molecule has 8 aromatic rings. The highest BCUT2D eigenvalue weighted by Crippen LogP contribution is 2.47. The van der Waals surface area contributed by atoms with Gasteiger partial charge >= 0.3 is 0 Å². The predicted molar refractivity (Wildman–Crippen MR) is 167 cm³/mol. The van der Waals surface area contributed by atoms with Gasteiger partial charge in [-0.2, -0.15) is 0 Å². The first kappa shape index (κ1) is 22.5. The van der Waals surface area contributed by atoms with Gasteiger partial charge in [0.2, 0.25) is 0 Å². The van der Waals surface area contributed by atoms with Crippen LogP contribution in [0.25, 0.3) is 70.9 Å². The molecular weight excluding hydrogens is 472 g/mol. The molecule has 0 N–H and O–H groups in total. The van der Waals surface area contributed by atoms with E-state index in [0.717, 1.165) is 11.9 Å².